The molecular formula is C24H25N5O3. The van der Waals surface area contributed by atoms with Crippen molar-refractivity contribution < 1.29 is 13.9 Å². The van der Waals surface area contributed by atoms with Crippen LogP contribution in [0.2, 0.25) is 0 Å². The molecule has 0 aliphatic carbocycles. The van der Waals surface area contributed by atoms with Crippen LogP contribution in [0.3, 0.4) is 0 Å². The number of hydrogen-bond donors (Lipinski definition) is 1. The molecule has 0 fully saturated rings. The zero-order valence-electron chi connectivity index (χ0n) is 18.5. The number of carbonyl (C=O) groups excluding carboxylic acids is 1. The van der Waals surface area contributed by atoms with Gasteiger partial charge in [-0.05, 0) is 63.6 Å². The highest BCUT2D eigenvalue weighted by atomic mass is 16.5. The first kappa shape index (κ1) is 21.3. The van der Waals surface area contributed by atoms with Crippen LogP contribution in [0.25, 0.3) is 11.5 Å². The quantitative estimate of drug-likeness (QED) is 0.461. The van der Waals surface area contributed by atoms with E-state index in [1.807, 2.05) is 76.2 Å². The van der Waals surface area contributed by atoms with Crippen LogP contribution in [-0.4, -0.2) is 32.5 Å². The Bertz CT molecular complexity index is 1240. The fourth-order valence-electron chi connectivity index (χ4n) is 3.32. The van der Waals surface area contributed by atoms with Gasteiger partial charge in [-0.2, -0.15) is 0 Å². The normalized spacial score (nSPS) is 10.9. The number of aryl methyl sites for hydroxylation is 2. The van der Waals surface area contributed by atoms with Gasteiger partial charge in [0, 0.05) is 11.3 Å². The number of nitrogens with one attached hydrogen (secondary N) is 1. The lowest BCUT2D eigenvalue weighted by Gasteiger charge is -2.07. The Labute approximate surface area is 186 Å². The lowest BCUT2D eigenvalue weighted by Crippen LogP contribution is -2.15. The molecule has 0 bridgehead atoms. The van der Waals surface area contributed by atoms with Gasteiger partial charge in [0.2, 0.25) is 5.89 Å². The number of anilines is 1. The minimum atomic E-state index is -0.296. The summed E-state index contributed by atoms with van der Waals surface area (Å²) in [7, 11) is 0. The van der Waals surface area contributed by atoms with Crippen LogP contribution in [0.4, 0.5) is 5.69 Å². The van der Waals surface area contributed by atoms with Gasteiger partial charge < -0.3 is 14.5 Å². The second-order valence-electron chi connectivity index (χ2n) is 7.43. The summed E-state index contributed by atoms with van der Waals surface area (Å²) in [6.07, 6.45) is 0. The molecule has 0 radical (unpaired) electrons. The third kappa shape index (κ3) is 4.39. The number of para-hydroxylation sites is 1. The van der Waals surface area contributed by atoms with Crippen molar-refractivity contribution in [2.24, 2.45) is 0 Å². The molecule has 0 saturated heterocycles. The van der Waals surface area contributed by atoms with E-state index in [1.54, 1.807) is 4.68 Å². The van der Waals surface area contributed by atoms with Crippen molar-refractivity contribution in [1.29, 1.82) is 0 Å². The third-order valence-electron chi connectivity index (χ3n) is 5.20. The minimum Gasteiger partial charge on any atom is -0.494 e. The molecule has 0 aliphatic rings. The van der Waals surface area contributed by atoms with E-state index >= 15 is 0 Å². The van der Waals surface area contributed by atoms with Crippen LogP contribution < -0.4 is 10.1 Å². The Morgan fingerprint density at radius 3 is 2.56 bits per heavy atom. The number of rotatable bonds is 7. The number of hydrogen-bond acceptors (Lipinski definition) is 6. The molecule has 4 rings (SSSR count). The molecule has 8 nitrogen and oxygen atoms in total. The molecule has 2 heterocycles. The van der Waals surface area contributed by atoms with E-state index in [0.717, 1.165) is 28.3 Å². The molecule has 8 heteroatoms. The summed E-state index contributed by atoms with van der Waals surface area (Å²) in [4.78, 5) is 17.3. The van der Waals surface area contributed by atoms with Gasteiger partial charge in [0.25, 0.3) is 5.91 Å². The fraction of sp³-hybridized carbons (Fsp3) is 0.250. The van der Waals surface area contributed by atoms with Gasteiger partial charge in [0.05, 0.1) is 18.8 Å². The van der Waals surface area contributed by atoms with Crippen LogP contribution in [0.15, 0.2) is 52.9 Å². The minimum absolute atomic E-state index is 0.279. The Morgan fingerprint density at radius 2 is 1.84 bits per heavy atom. The first-order valence-corrected chi connectivity index (χ1v) is 10.4. The van der Waals surface area contributed by atoms with Crippen molar-refractivity contribution in [3.63, 3.8) is 0 Å². The fourth-order valence-corrected chi connectivity index (χ4v) is 3.32. The number of carbonyl (C=O) groups is 1. The van der Waals surface area contributed by atoms with E-state index in [0.29, 0.717) is 30.5 Å². The zero-order valence-corrected chi connectivity index (χ0v) is 18.5. The van der Waals surface area contributed by atoms with E-state index in [-0.39, 0.29) is 11.6 Å². The SMILES string of the molecule is CCOc1ccc(-c2nc(Cn3nnc(C(=O)Nc4ccccc4C)c3C)c(C)o2)cc1. The van der Waals surface area contributed by atoms with Gasteiger partial charge in [-0.15, -0.1) is 5.10 Å². The van der Waals surface area contributed by atoms with Crippen molar-refractivity contribution >= 4 is 11.6 Å². The maximum atomic E-state index is 12.7. The Kier molecular flexibility index (Phi) is 6.02. The highest BCUT2D eigenvalue weighted by Gasteiger charge is 2.19. The Balaban J connectivity index is 1.51. The number of ether oxygens (including phenoxy) is 1. The van der Waals surface area contributed by atoms with Crippen LogP contribution in [0.5, 0.6) is 5.75 Å². The summed E-state index contributed by atoms with van der Waals surface area (Å²) in [6.45, 7) is 8.52. The molecule has 0 saturated carbocycles. The summed E-state index contributed by atoms with van der Waals surface area (Å²) >= 11 is 0. The molecule has 2 aromatic heterocycles. The van der Waals surface area contributed by atoms with Crippen LogP contribution in [0, 0.1) is 20.8 Å². The van der Waals surface area contributed by atoms with Crippen molar-refractivity contribution in [3.8, 4) is 17.2 Å². The molecule has 1 amide bonds. The third-order valence-corrected chi connectivity index (χ3v) is 5.20. The second-order valence-corrected chi connectivity index (χ2v) is 7.43. The predicted octanol–water partition coefficient (Wildman–Crippen LogP) is 4.56. The van der Waals surface area contributed by atoms with Gasteiger partial charge in [-0.25, -0.2) is 9.67 Å². The van der Waals surface area contributed by atoms with Crippen molar-refractivity contribution in [2.75, 3.05) is 11.9 Å². The average molecular weight is 431 g/mol. The molecule has 32 heavy (non-hydrogen) atoms. The lowest BCUT2D eigenvalue weighted by atomic mass is 10.2. The summed E-state index contributed by atoms with van der Waals surface area (Å²) in [5, 5.41) is 11.1. The Morgan fingerprint density at radius 1 is 1.09 bits per heavy atom. The molecule has 0 spiro atoms. The van der Waals surface area contributed by atoms with Gasteiger partial charge in [0.1, 0.15) is 17.2 Å². The number of oxazole rings is 1. The molecule has 4 aromatic rings. The van der Waals surface area contributed by atoms with Crippen molar-refractivity contribution in [2.45, 2.75) is 34.2 Å². The van der Waals surface area contributed by atoms with Gasteiger partial charge >= 0.3 is 0 Å². The van der Waals surface area contributed by atoms with Gasteiger partial charge in [-0.3, -0.25) is 4.79 Å². The van der Waals surface area contributed by atoms with E-state index in [9.17, 15) is 4.79 Å². The maximum absolute atomic E-state index is 12.7. The second kappa shape index (κ2) is 9.05. The largest absolute Gasteiger partial charge is 0.494 e. The molecule has 164 valence electrons. The molecular weight excluding hydrogens is 406 g/mol. The summed E-state index contributed by atoms with van der Waals surface area (Å²) in [5.74, 6) is 1.72. The van der Waals surface area contributed by atoms with E-state index < -0.39 is 0 Å². The van der Waals surface area contributed by atoms with Crippen molar-refractivity contribution in [1.82, 2.24) is 20.0 Å². The standard InChI is InChI=1S/C24H25N5O3/c1-5-31-19-12-10-18(11-13-19)24-26-21(17(4)32-24)14-29-16(3)22(27-28-29)23(30)25-20-9-7-6-8-15(20)2/h6-13H,5,14H2,1-4H3,(H,25,30). The smallest absolute Gasteiger partial charge is 0.278 e. The number of benzene rings is 2. The zero-order chi connectivity index (χ0) is 22.7. The van der Waals surface area contributed by atoms with Crippen LogP contribution >= 0.6 is 0 Å². The Hall–Kier alpha value is -3.94. The molecule has 0 unspecified atom stereocenters. The molecule has 0 aliphatic heterocycles. The number of aromatic nitrogens is 4. The van der Waals surface area contributed by atoms with Crippen molar-refractivity contribution in [3.05, 3.63) is 76.9 Å². The average Bonchev–Trinajstić information content (AvgIpc) is 3.33. The topological polar surface area (TPSA) is 95.1 Å². The highest BCUT2D eigenvalue weighted by Crippen LogP contribution is 2.25. The lowest BCUT2D eigenvalue weighted by molar-refractivity contribution is 0.102. The first-order chi connectivity index (χ1) is 15.5. The van der Waals surface area contributed by atoms with Crippen LogP contribution in [0.1, 0.15) is 40.1 Å². The summed E-state index contributed by atoms with van der Waals surface area (Å²) in [6, 6.07) is 15.2. The predicted molar refractivity (Wildman–Crippen MR) is 121 cm³/mol. The molecule has 0 atom stereocenters. The van der Waals surface area contributed by atoms with E-state index in [2.05, 4.69) is 20.6 Å². The monoisotopic (exact) mass is 431 g/mol. The molecule has 2 aromatic carbocycles. The van der Waals surface area contributed by atoms with Gasteiger partial charge in [0.15, 0.2) is 5.69 Å². The van der Waals surface area contributed by atoms with E-state index in [4.69, 9.17) is 9.15 Å². The summed E-state index contributed by atoms with van der Waals surface area (Å²) in [5.41, 5.74) is 4.25. The van der Waals surface area contributed by atoms with E-state index in [1.165, 1.54) is 0 Å². The van der Waals surface area contributed by atoms with Gasteiger partial charge in [-0.1, -0.05) is 23.4 Å². The maximum Gasteiger partial charge on any atom is 0.278 e. The number of amides is 1. The molecule has 1 N–H and O–H groups in total. The number of nitrogens with zero attached hydrogens (tertiary/aromatic N) is 4. The summed E-state index contributed by atoms with van der Waals surface area (Å²) < 4.78 is 13.0. The first-order valence-electron chi connectivity index (χ1n) is 10.4. The van der Waals surface area contributed by atoms with Crippen LogP contribution in [-0.2, 0) is 6.54 Å². The highest BCUT2D eigenvalue weighted by molar-refractivity contribution is 6.03.